The first-order valence-electron chi connectivity index (χ1n) is 8.42. The molecular formula is C18H18F3N5O2S. The normalized spacial score (nSPS) is 10.8. The molecule has 0 spiro atoms. The molecule has 3 aromatic rings. The zero-order chi connectivity index (χ0) is 21.4. The van der Waals surface area contributed by atoms with E-state index in [0.29, 0.717) is 6.54 Å². The van der Waals surface area contributed by atoms with Crippen LogP contribution >= 0.6 is 11.3 Å². The molecule has 154 valence electrons. The monoisotopic (exact) mass is 425 g/mol. The molecule has 11 heteroatoms. The maximum absolute atomic E-state index is 10.6. The summed E-state index contributed by atoms with van der Waals surface area (Å²) in [4.78, 5) is 27.4. The van der Waals surface area contributed by atoms with Gasteiger partial charge in [0.15, 0.2) is 0 Å². The van der Waals surface area contributed by atoms with Gasteiger partial charge in [-0.3, -0.25) is 4.98 Å². The summed E-state index contributed by atoms with van der Waals surface area (Å²) in [5.74, 6) is -1.10. The Bertz CT molecular complexity index is 948. The number of aryl methyl sites for hydroxylation is 2. The fraction of sp³-hybridized carbons (Fsp3) is 0.278. The second-order valence-corrected chi connectivity index (χ2v) is 6.78. The third-order valence-electron chi connectivity index (χ3n) is 3.42. The molecule has 0 unspecified atom stereocenters. The lowest BCUT2D eigenvalue weighted by Gasteiger charge is -2.06. The molecule has 3 heterocycles. The maximum Gasteiger partial charge on any atom is 0.490 e. The molecule has 0 fully saturated rings. The molecule has 29 heavy (non-hydrogen) atoms. The number of pyridine rings is 1. The van der Waals surface area contributed by atoms with Crippen molar-refractivity contribution in [1.29, 1.82) is 0 Å². The minimum absolute atomic E-state index is 0.711. The Balaban J connectivity index is 0.000000370. The molecular weight excluding hydrogens is 407 g/mol. The topological polar surface area (TPSA) is 101 Å². The summed E-state index contributed by atoms with van der Waals surface area (Å²) in [7, 11) is 0. The number of anilines is 1. The summed E-state index contributed by atoms with van der Waals surface area (Å²) in [6.07, 6.45) is 1.29. The van der Waals surface area contributed by atoms with Gasteiger partial charge in [-0.05, 0) is 25.5 Å². The number of halogens is 3. The molecule has 0 aromatic carbocycles. The Morgan fingerprint density at radius 3 is 2.48 bits per heavy atom. The van der Waals surface area contributed by atoms with E-state index < -0.39 is 12.1 Å². The van der Waals surface area contributed by atoms with Crippen LogP contribution in [0.1, 0.15) is 23.3 Å². The van der Waals surface area contributed by atoms with Crippen molar-refractivity contribution in [3.8, 4) is 10.6 Å². The van der Waals surface area contributed by atoms with Crippen molar-refractivity contribution in [2.24, 2.45) is 0 Å². The van der Waals surface area contributed by atoms with Crippen LogP contribution in [0.25, 0.3) is 10.6 Å². The van der Waals surface area contributed by atoms with E-state index in [2.05, 4.69) is 32.2 Å². The highest BCUT2D eigenvalue weighted by molar-refractivity contribution is 7.15. The molecule has 3 rings (SSSR count). The summed E-state index contributed by atoms with van der Waals surface area (Å²) >= 11 is 1.67. The predicted molar refractivity (Wildman–Crippen MR) is 103 cm³/mol. The second kappa shape index (κ2) is 9.92. The van der Waals surface area contributed by atoms with Crippen molar-refractivity contribution < 1.29 is 23.1 Å². The molecule has 0 atom stereocenters. The van der Waals surface area contributed by atoms with E-state index in [9.17, 15) is 13.2 Å². The van der Waals surface area contributed by atoms with Crippen LogP contribution in [0.4, 0.5) is 19.0 Å². The molecule has 0 aliphatic rings. The third-order valence-corrected chi connectivity index (χ3v) is 4.47. The van der Waals surface area contributed by atoms with Crippen molar-refractivity contribution in [1.82, 2.24) is 19.9 Å². The van der Waals surface area contributed by atoms with E-state index in [1.165, 1.54) is 4.88 Å². The van der Waals surface area contributed by atoms with Gasteiger partial charge in [0.05, 0.1) is 6.54 Å². The molecule has 7 nitrogen and oxygen atoms in total. The van der Waals surface area contributed by atoms with Gasteiger partial charge < -0.3 is 10.4 Å². The first-order valence-corrected chi connectivity index (χ1v) is 9.24. The number of carboxylic acid groups (broad SMARTS) is 1. The molecule has 0 radical (unpaired) electrons. The van der Waals surface area contributed by atoms with Crippen LogP contribution in [0, 0.1) is 6.92 Å². The highest BCUT2D eigenvalue weighted by Gasteiger charge is 2.38. The molecule has 0 amide bonds. The summed E-state index contributed by atoms with van der Waals surface area (Å²) in [6.45, 7) is 4.72. The molecule has 0 aliphatic heterocycles. The van der Waals surface area contributed by atoms with Crippen molar-refractivity contribution in [3.63, 3.8) is 0 Å². The van der Waals surface area contributed by atoms with Gasteiger partial charge in [0, 0.05) is 40.8 Å². The van der Waals surface area contributed by atoms with Gasteiger partial charge in [0.1, 0.15) is 16.6 Å². The molecule has 3 aromatic heterocycles. The Morgan fingerprint density at radius 2 is 1.90 bits per heavy atom. The Kier molecular flexibility index (Phi) is 7.59. The average molecular weight is 425 g/mol. The number of aromatic nitrogens is 4. The number of carbonyl (C=O) groups is 1. The Morgan fingerprint density at radius 1 is 1.24 bits per heavy atom. The van der Waals surface area contributed by atoms with E-state index in [1.807, 2.05) is 31.3 Å². The maximum atomic E-state index is 10.6. The van der Waals surface area contributed by atoms with Gasteiger partial charge in [-0.1, -0.05) is 6.92 Å². The van der Waals surface area contributed by atoms with Crippen molar-refractivity contribution in [2.75, 3.05) is 5.32 Å². The quantitative estimate of drug-likeness (QED) is 0.634. The first kappa shape index (κ1) is 22.2. The SMILES string of the molecule is CCc1cc(NCc2cnc(-c3ccncc3)s2)nc(C)n1.O=C(O)C(F)(F)F. The van der Waals surface area contributed by atoms with E-state index in [0.717, 1.165) is 34.3 Å². The van der Waals surface area contributed by atoms with Gasteiger partial charge in [-0.15, -0.1) is 11.3 Å². The third kappa shape index (κ3) is 7.11. The smallest absolute Gasteiger partial charge is 0.475 e. The summed E-state index contributed by atoms with van der Waals surface area (Å²) in [5, 5.41) is 11.5. The molecule has 0 aliphatic carbocycles. The van der Waals surface area contributed by atoms with Gasteiger partial charge in [0.2, 0.25) is 0 Å². The van der Waals surface area contributed by atoms with Crippen LogP contribution in [-0.2, 0) is 17.8 Å². The average Bonchev–Trinajstić information content (AvgIpc) is 3.15. The largest absolute Gasteiger partial charge is 0.490 e. The van der Waals surface area contributed by atoms with E-state index >= 15 is 0 Å². The van der Waals surface area contributed by atoms with Gasteiger partial charge >= 0.3 is 12.1 Å². The Hall–Kier alpha value is -3.08. The first-order chi connectivity index (χ1) is 13.7. The number of carboxylic acids is 1. The van der Waals surface area contributed by atoms with Gasteiger partial charge in [0.25, 0.3) is 0 Å². The number of thiazole rings is 1. The number of nitrogens with one attached hydrogen (secondary N) is 1. The fourth-order valence-corrected chi connectivity index (χ4v) is 2.95. The summed E-state index contributed by atoms with van der Waals surface area (Å²) < 4.78 is 31.7. The zero-order valence-electron chi connectivity index (χ0n) is 15.6. The van der Waals surface area contributed by atoms with Crippen LogP contribution in [-0.4, -0.2) is 37.2 Å². The lowest BCUT2D eigenvalue weighted by Crippen LogP contribution is -2.21. The Labute approximate surface area is 168 Å². The van der Waals surface area contributed by atoms with Crippen LogP contribution in [0.3, 0.4) is 0 Å². The number of alkyl halides is 3. The number of rotatable bonds is 5. The highest BCUT2D eigenvalue weighted by atomic mass is 32.1. The molecule has 0 saturated heterocycles. The molecule has 0 saturated carbocycles. The fourth-order valence-electron chi connectivity index (χ4n) is 2.10. The summed E-state index contributed by atoms with van der Waals surface area (Å²) in [5.41, 5.74) is 2.15. The number of hydrogen-bond acceptors (Lipinski definition) is 7. The number of nitrogens with zero attached hydrogens (tertiary/aromatic N) is 4. The zero-order valence-corrected chi connectivity index (χ0v) is 16.4. The number of aliphatic carboxylic acids is 1. The number of hydrogen-bond donors (Lipinski definition) is 2. The highest BCUT2D eigenvalue weighted by Crippen LogP contribution is 2.25. The predicted octanol–water partition coefficient (Wildman–Crippen LogP) is 4.11. The van der Waals surface area contributed by atoms with Crippen LogP contribution in [0.15, 0.2) is 36.8 Å². The van der Waals surface area contributed by atoms with Crippen molar-refractivity contribution >= 4 is 23.1 Å². The van der Waals surface area contributed by atoms with E-state index in [4.69, 9.17) is 9.90 Å². The molecule has 0 bridgehead atoms. The van der Waals surface area contributed by atoms with Gasteiger partial charge in [-0.25, -0.2) is 19.7 Å². The van der Waals surface area contributed by atoms with Crippen LogP contribution in [0.5, 0.6) is 0 Å². The van der Waals surface area contributed by atoms with Crippen molar-refractivity contribution in [2.45, 2.75) is 33.0 Å². The minimum atomic E-state index is -5.08. The van der Waals surface area contributed by atoms with Crippen LogP contribution < -0.4 is 5.32 Å². The van der Waals surface area contributed by atoms with E-state index in [1.54, 1.807) is 23.7 Å². The standard InChI is InChI=1S/C16H17N5S.C2HF3O2/c1-3-13-8-15(21-11(2)20-13)18-9-14-10-19-16(22-14)12-4-6-17-7-5-12;3-2(4,5)1(6)7/h4-8,10H,3,9H2,1-2H3,(H,18,20,21);(H,6,7). The van der Waals surface area contributed by atoms with Crippen LogP contribution in [0.2, 0.25) is 0 Å². The van der Waals surface area contributed by atoms with Crippen molar-refractivity contribution in [3.05, 3.63) is 53.2 Å². The van der Waals surface area contributed by atoms with Gasteiger partial charge in [-0.2, -0.15) is 13.2 Å². The van der Waals surface area contributed by atoms with E-state index in [-0.39, 0.29) is 0 Å². The summed E-state index contributed by atoms with van der Waals surface area (Å²) in [6, 6.07) is 5.94. The lowest BCUT2D eigenvalue weighted by molar-refractivity contribution is -0.192. The molecule has 2 N–H and O–H groups in total. The second-order valence-electron chi connectivity index (χ2n) is 5.67. The minimum Gasteiger partial charge on any atom is -0.475 e. The lowest BCUT2D eigenvalue weighted by atomic mass is 10.3.